The lowest BCUT2D eigenvalue weighted by atomic mass is 10.2. The smallest absolute Gasteiger partial charge is 0.227 e. The molecule has 0 bridgehead atoms. The van der Waals surface area contributed by atoms with Gasteiger partial charge in [0.15, 0.2) is 5.13 Å². The van der Waals surface area contributed by atoms with Crippen molar-refractivity contribution in [2.75, 3.05) is 55.5 Å². The molecule has 2 aliphatic heterocycles. The number of methoxy groups -OCH3 is 1. The number of rotatable bonds is 6. The van der Waals surface area contributed by atoms with Crippen molar-refractivity contribution in [3.05, 3.63) is 72.0 Å². The van der Waals surface area contributed by atoms with E-state index in [4.69, 9.17) is 16.3 Å². The van der Waals surface area contributed by atoms with Gasteiger partial charge in [-0.25, -0.2) is 15.0 Å². The molecule has 36 heavy (non-hydrogen) atoms. The van der Waals surface area contributed by atoms with E-state index in [9.17, 15) is 5.11 Å². The Morgan fingerprint density at radius 2 is 1.94 bits per heavy atom. The van der Waals surface area contributed by atoms with Gasteiger partial charge in [-0.15, -0.1) is 0 Å². The van der Waals surface area contributed by atoms with Gasteiger partial charge in [0, 0.05) is 50.3 Å². The average Bonchev–Trinajstić information content (AvgIpc) is 3.27. The Kier molecular flexibility index (Phi) is 7.08. The molecule has 0 unspecified atom stereocenters. The number of aromatic nitrogens is 3. The molecule has 3 aromatic rings. The molecule has 5 rings (SSSR count). The Morgan fingerprint density at radius 1 is 1.11 bits per heavy atom. The largest absolute Gasteiger partial charge is 0.506 e. The molecule has 4 heterocycles. The molecular weight excluding hydrogens is 498 g/mol. The summed E-state index contributed by atoms with van der Waals surface area (Å²) in [7, 11) is 3.82. The maximum absolute atomic E-state index is 9.91. The van der Waals surface area contributed by atoms with Crippen LogP contribution in [0.25, 0.3) is 10.6 Å². The number of halogens is 1. The molecule has 0 amide bonds. The molecule has 0 spiro atoms. The Balaban J connectivity index is 1.36. The highest BCUT2D eigenvalue weighted by Crippen LogP contribution is 2.36. The Morgan fingerprint density at radius 3 is 2.75 bits per heavy atom. The third-order valence-electron chi connectivity index (χ3n) is 5.87. The van der Waals surface area contributed by atoms with E-state index in [0.29, 0.717) is 21.8 Å². The molecule has 1 fully saturated rings. The molecule has 1 aromatic carbocycles. The number of piperazine rings is 1. The number of hydrogen-bond acceptors (Lipinski definition) is 10. The van der Waals surface area contributed by atoms with Crippen molar-refractivity contribution in [2.45, 2.75) is 0 Å². The van der Waals surface area contributed by atoms with Crippen LogP contribution in [0.15, 0.2) is 67.0 Å². The van der Waals surface area contributed by atoms with E-state index >= 15 is 0 Å². The van der Waals surface area contributed by atoms with Crippen molar-refractivity contribution in [3.63, 3.8) is 0 Å². The van der Waals surface area contributed by atoms with Gasteiger partial charge < -0.3 is 25.0 Å². The topological polar surface area (TPSA) is 89.9 Å². The zero-order chi connectivity index (χ0) is 25.1. The van der Waals surface area contributed by atoms with Crippen LogP contribution in [0.3, 0.4) is 0 Å². The first-order chi connectivity index (χ1) is 17.5. The van der Waals surface area contributed by atoms with Crippen LogP contribution < -0.4 is 19.9 Å². The van der Waals surface area contributed by atoms with Crippen LogP contribution in [0.1, 0.15) is 0 Å². The zero-order valence-electron chi connectivity index (χ0n) is 19.9. The number of benzene rings is 1. The number of likely N-dealkylation sites (N-methyl/N-ethyl adjacent to an activating group) is 1. The molecule has 2 N–H and O–H groups in total. The summed E-state index contributed by atoms with van der Waals surface area (Å²) in [6, 6.07) is 6.01. The first-order valence-electron chi connectivity index (χ1n) is 11.4. The minimum absolute atomic E-state index is 0.136. The van der Waals surface area contributed by atoms with Crippen LogP contribution in [0, 0.1) is 0 Å². The van der Waals surface area contributed by atoms with E-state index in [1.54, 1.807) is 42.8 Å². The van der Waals surface area contributed by atoms with Gasteiger partial charge >= 0.3 is 0 Å². The SMILES string of the molecule is COc1cc(Nc2ncc(Cl)c(-c3cnc(N4C=CC=CC(O)=C4)s3)n2)ccc1N1CCN(C)CC1. The first-order valence-corrected chi connectivity index (χ1v) is 12.6. The zero-order valence-corrected chi connectivity index (χ0v) is 21.5. The Hall–Kier alpha value is -3.60. The number of ether oxygens (including phenoxy) is 1. The van der Waals surface area contributed by atoms with Gasteiger partial charge in [-0.1, -0.05) is 29.0 Å². The van der Waals surface area contributed by atoms with Gasteiger partial charge in [-0.3, -0.25) is 4.90 Å². The summed E-state index contributed by atoms with van der Waals surface area (Å²) in [5.74, 6) is 1.34. The second kappa shape index (κ2) is 10.6. The monoisotopic (exact) mass is 523 g/mol. The minimum Gasteiger partial charge on any atom is -0.506 e. The van der Waals surface area contributed by atoms with Crippen LogP contribution >= 0.6 is 22.9 Å². The maximum Gasteiger partial charge on any atom is 0.227 e. The van der Waals surface area contributed by atoms with E-state index in [1.165, 1.54) is 11.3 Å². The predicted octanol–water partition coefficient (Wildman–Crippen LogP) is 5.05. The molecule has 2 aromatic heterocycles. The first kappa shape index (κ1) is 24.1. The molecule has 11 heteroatoms. The molecule has 0 saturated carbocycles. The molecule has 186 valence electrons. The van der Waals surface area contributed by atoms with E-state index in [2.05, 4.69) is 43.2 Å². The summed E-state index contributed by atoms with van der Waals surface area (Å²) in [5, 5.41) is 14.3. The lowest BCUT2D eigenvalue weighted by Crippen LogP contribution is -2.44. The van der Waals surface area contributed by atoms with Crippen LogP contribution in [-0.4, -0.2) is 65.3 Å². The Labute approximate surface area is 218 Å². The molecule has 0 atom stereocenters. The fourth-order valence-electron chi connectivity index (χ4n) is 3.93. The average molecular weight is 524 g/mol. The molecular formula is C25H26ClN7O2S. The number of anilines is 4. The van der Waals surface area contributed by atoms with Gasteiger partial charge in [0.25, 0.3) is 0 Å². The third kappa shape index (κ3) is 5.30. The standard InChI is InChI=1S/C25H26ClN7O2S/c1-31-9-11-32(12-10-31)20-7-6-17(13-21(20)35-2)29-24-27-14-19(26)23(30-24)22-15-28-25(36-22)33-8-4-3-5-18(34)16-33/h3-8,13-16,34H,9-12H2,1-2H3,(H,27,29,30). The predicted molar refractivity (Wildman–Crippen MR) is 146 cm³/mol. The van der Waals surface area contributed by atoms with Crippen LogP contribution in [0.4, 0.5) is 22.5 Å². The van der Waals surface area contributed by atoms with E-state index in [1.807, 2.05) is 24.4 Å². The van der Waals surface area contributed by atoms with E-state index in [0.717, 1.165) is 48.2 Å². The van der Waals surface area contributed by atoms with Crippen molar-refractivity contribution in [1.82, 2.24) is 19.9 Å². The number of aliphatic hydroxyl groups is 1. The Bertz CT molecular complexity index is 1330. The molecule has 1 saturated heterocycles. The van der Waals surface area contributed by atoms with Gasteiger partial charge in [0.05, 0.1) is 35.1 Å². The van der Waals surface area contributed by atoms with Gasteiger partial charge in [-0.05, 0) is 31.3 Å². The number of aliphatic hydroxyl groups excluding tert-OH is 1. The van der Waals surface area contributed by atoms with Crippen LogP contribution in [-0.2, 0) is 0 Å². The van der Waals surface area contributed by atoms with Crippen LogP contribution in [0.2, 0.25) is 5.02 Å². The summed E-state index contributed by atoms with van der Waals surface area (Å²) < 4.78 is 5.69. The molecule has 0 aliphatic carbocycles. The van der Waals surface area contributed by atoms with Crippen molar-refractivity contribution in [2.24, 2.45) is 0 Å². The summed E-state index contributed by atoms with van der Waals surface area (Å²) >= 11 is 7.86. The molecule has 9 nitrogen and oxygen atoms in total. The molecule has 2 aliphatic rings. The van der Waals surface area contributed by atoms with Gasteiger partial charge in [0.2, 0.25) is 5.95 Å². The number of nitrogens with zero attached hydrogens (tertiary/aromatic N) is 6. The van der Waals surface area contributed by atoms with Crippen molar-refractivity contribution in [3.8, 4) is 16.3 Å². The normalized spacial score (nSPS) is 16.1. The van der Waals surface area contributed by atoms with Crippen molar-refractivity contribution in [1.29, 1.82) is 0 Å². The van der Waals surface area contributed by atoms with Crippen molar-refractivity contribution >= 4 is 45.4 Å². The summed E-state index contributed by atoms with van der Waals surface area (Å²) in [6.45, 7) is 3.96. The highest BCUT2D eigenvalue weighted by molar-refractivity contribution is 7.19. The molecule has 0 radical (unpaired) electrons. The fraction of sp³-hybridized carbons (Fsp3) is 0.240. The lowest BCUT2D eigenvalue weighted by molar-refractivity contribution is 0.311. The van der Waals surface area contributed by atoms with Gasteiger partial charge in [-0.2, -0.15) is 0 Å². The van der Waals surface area contributed by atoms with E-state index < -0.39 is 0 Å². The number of hydrogen-bond donors (Lipinski definition) is 2. The number of nitrogens with one attached hydrogen (secondary N) is 1. The van der Waals surface area contributed by atoms with Gasteiger partial charge in [0.1, 0.15) is 17.2 Å². The second-order valence-electron chi connectivity index (χ2n) is 8.36. The highest BCUT2D eigenvalue weighted by atomic mass is 35.5. The minimum atomic E-state index is 0.136. The highest BCUT2D eigenvalue weighted by Gasteiger charge is 2.19. The summed E-state index contributed by atoms with van der Waals surface area (Å²) in [5.41, 5.74) is 2.46. The summed E-state index contributed by atoms with van der Waals surface area (Å²) in [6.07, 6.45) is 11.9. The second-order valence-corrected chi connectivity index (χ2v) is 9.78. The lowest BCUT2D eigenvalue weighted by Gasteiger charge is -2.34. The van der Waals surface area contributed by atoms with Crippen molar-refractivity contribution < 1.29 is 9.84 Å². The number of allylic oxidation sites excluding steroid dienone is 3. The summed E-state index contributed by atoms with van der Waals surface area (Å²) in [4.78, 5) is 20.7. The van der Waals surface area contributed by atoms with Crippen LogP contribution in [0.5, 0.6) is 5.75 Å². The number of thiazole rings is 1. The van der Waals surface area contributed by atoms with E-state index in [-0.39, 0.29) is 5.76 Å². The fourth-order valence-corrected chi connectivity index (χ4v) is 5.06. The quantitative estimate of drug-likeness (QED) is 0.460. The maximum atomic E-state index is 9.91. The third-order valence-corrected chi connectivity index (χ3v) is 7.16.